The lowest BCUT2D eigenvalue weighted by Gasteiger charge is -2.26. The molecule has 1 heterocycles. The Balaban J connectivity index is 1.84. The fraction of sp³-hybridized carbons (Fsp3) is 0.500. The summed E-state index contributed by atoms with van der Waals surface area (Å²) in [4.78, 5) is 35.7. The largest absolute Gasteiger partial charge is 0.462 e. The summed E-state index contributed by atoms with van der Waals surface area (Å²) in [5, 5.41) is 9.52. The van der Waals surface area contributed by atoms with Crippen LogP contribution in [-0.4, -0.2) is 48.4 Å². The van der Waals surface area contributed by atoms with Gasteiger partial charge in [0, 0.05) is 18.9 Å². The van der Waals surface area contributed by atoms with Crippen molar-refractivity contribution < 1.29 is 33.7 Å². The summed E-state index contributed by atoms with van der Waals surface area (Å²) in [5.41, 5.74) is 2.33. The van der Waals surface area contributed by atoms with Gasteiger partial charge in [0.05, 0.1) is 18.1 Å². The molecule has 29 heavy (non-hydrogen) atoms. The maximum Gasteiger partial charge on any atom is 0.336 e. The topological polar surface area (TPSA) is 99.1 Å². The highest BCUT2D eigenvalue weighted by Gasteiger charge is 2.49. The van der Waals surface area contributed by atoms with E-state index in [0.29, 0.717) is 18.3 Å². The molecule has 0 spiro atoms. The maximum absolute atomic E-state index is 12.7. The molecule has 1 saturated carbocycles. The van der Waals surface area contributed by atoms with E-state index >= 15 is 0 Å². The monoisotopic (exact) mass is 402 g/mol. The van der Waals surface area contributed by atoms with Crippen LogP contribution in [0.2, 0.25) is 0 Å². The van der Waals surface area contributed by atoms with E-state index in [9.17, 15) is 19.5 Å². The molecule has 1 N–H and O–H groups in total. The summed E-state index contributed by atoms with van der Waals surface area (Å²) < 4.78 is 16.0. The Labute approximate surface area is 169 Å². The molecule has 0 aromatic carbocycles. The molecule has 0 unspecified atom stereocenters. The van der Waals surface area contributed by atoms with Gasteiger partial charge < -0.3 is 19.3 Å². The van der Waals surface area contributed by atoms with E-state index in [4.69, 9.17) is 14.2 Å². The van der Waals surface area contributed by atoms with E-state index in [1.807, 2.05) is 13.0 Å². The number of carbonyl (C=O) groups is 3. The fourth-order valence-electron chi connectivity index (χ4n) is 4.05. The third kappa shape index (κ3) is 4.50. The molecule has 0 amide bonds. The summed E-state index contributed by atoms with van der Waals surface area (Å²) in [6.45, 7) is 10.6. The first-order chi connectivity index (χ1) is 13.7. The third-order valence-corrected chi connectivity index (χ3v) is 5.76. The second-order valence-electron chi connectivity index (χ2n) is 7.78. The molecule has 1 saturated heterocycles. The van der Waals surface area contributed by atoms with E-state index in [0.717, 1.165) is 17.6 Å². The molecule has 3 aliphatic rings. The van der Waals surface area contributed by atoms with E-state index in [1.54, 1.807) is 0 Å². The van der Waals surface area contributed by atoms with E-state index in [2.05, 4.69) is 13.2 Å². The second-order valence-corrected chi connectivity index (χ2v) is 7.78. The summed E-state index contributed by atoms with van der Waals surface area (Å²) in [6.07, 6.45) is 3.34. The van der Waals surface area contributed by atoms with Gasteiger partial charge in [0.15, 0.2) is 0 Å². The van der Waals surface area contributed by atoms with E-state index in [1.165, 1.54) is 13.0 Å². The predicted octanol–water partition coefficient (Wildman–Crippen LogP) is 2.02. The number of hydrogen-bond donors (Lipinski definition) is 1. The molecular formula is C22H26O7. The molecule has 3 rings (SSSR count). The molecular weight excluding hydrogens is 376 g/mol. The van der Waals surface area contributed by atoms with Crippen LogP contribution in [0.15, 0.2) is 47.6 Å². The van der Waals surface area contributed by atoms with Gasteiger partial charge in [-0.2, -0.15) is 0 Å². The smallest absolute Gasteiger partial charge is 0.336 e. The van der Waals surface area contributed by atoms with Gasteiger partial charge in [-0.1, -0.05) is 24.3 Å². The van der Waals surface area contributed by atoms with Crippen molar-refractivity contribution in [3.8, 4) is 0 Å². The first kappa shape index (κ1) is 21.0. The minimum absolute atomic E-state index is 0.0276. The van der Waals surface area contributed by atoms with Gasteiger partial charge in [-0.05, 0) is 37.3 Å². The van der Waals surface area contributed by atoms with Crippen molar-refractivity contribution in [2.75, 3.05) is 13.2 Å². The molecule has 7 heteroatoms. The van der Waals surface area contributed by atoms with Gasteiger partial charge >= 0.3 is 17.9 Å². The number of hydrogen-bond acceptors (Lipinski definition) is 7. The minimum atomic E-state index is -0.740. The molecule has 0 radical (unpaired) electrons. The van der Waals surface area contributed by atoms with Crippen molar-refractivity contribution in [1.82, 2.24) is 0 Å². The van der Waals surface area contributed by atoms with Gasteiger partial charge in [0.25, 0.3) is 0 Å². The molecule has 2 fully saturated rings. The highest BCUT2D eigenvalue weighted by Crippen LogP contribution is 2.52. The van der Waals surface area contributed by atoms with Crippen LogP contribution in [-0.2, 0) is 28.6 Å². The van der Waals surface area contributed by atoms with Crippen LogP contribution in [0, 0.1) is 17.8 Å². The minimum Gasteiger partial charge on any atom is -0.462 e. The number of aliphatic hydroxyl groups is 1. The Hall–Kier alpha value is -2.67. The van der Waals surface area contributed by atoms with Crippen LogP contribution in [0.1, 0.15) is 26.7 Å². The van der Waals surface area contributed by atoms with Crippen molar-refractivity contribution in [2.24, 2.45) is 17.8 Å². The molecule has 5 atom stereocenters. The van der Waals surface area contributed by atoms with Gasteiger partial charge in [-0.3, -0.25) is 4.79 Å². The molecule has 7 nitrogen and oxygen atoms in total. The summed E-state index contributed by atoms with van der Waals surface area (Å²) >= 11 is 0. The lowest BCUT2D eigenvalue weighted by Crippen LogP contribution is -2.34. The lowest BCUT2D eigenvalue weighted by atomic mass is 9.87. The van der Waals surface area contributed by atoms with Crippen LogP contribution < -0.4 is 0 Å². The van der Waals surface area contributed by atoms with Crippen molar-refractivity contribution in [3.63, 3.8) is 0 Å². The zero-order valence-electron chi connectivity index (χ0n) is 16.7. The first-order valence-corrected chi connectivity index (χ1v) is 9.62. The molecule has 156 valence electrons. The maximum atomic E-state index is 12.7. The Morgan fingerprint density at radius 1 is 1.34 bits per heavy atom. The van der Waals surface area contributed by atoms with Crippen molar-refractivity contribution in [2.45, 2.75) is 38.9 Å². The average molecular weight is 402 g/mol. The normalized spacial score (nSPS) is 33.2. The van der Waals surface area contributed by atoms with Gasteiger partial charge in [0.1, 0.15) is 18.8 Å². The summed E-state index contributed by atoms with van der Waals surface area (Å²) in [6, 6.07) is 0. The van der Waals surface area contributed by atoms with Crippen LogP contribution >= 0.6 is 0 Å². The third-order valence-electron chi connectivity index (χ3n) is 5.76. The van der Waals surface area contributed by atoms with E-state index in [-0.39, 0.29) is 17.8 Å². The highest BCUT2D eigenvalue weighted by molar-refractivity contribution is 5.92. The number of aliphatic hydroxyl groups excluding tert-OH is 1. The lowest BCUT2D eigenvalue weighted by molar-refractivity contribution is -0.148. The first-order valence-electron chi connectivity index (χ1n) is 9.62. The van der Waals surface area contributed by atoms with Gasteiger partial charge in [-0.25, -0.2) is 9.59 Å². The Bertz CT molecular complexity index is 819. The quantitative estimate of drug-likeness (QED) is 0.325. The van der Waals surface area contributed by atoms with E-state index < -0.39 is 42.6 Å². The zero-order valence-corrected chi connectivity index (χ0v) is 16.7. The van der Waals surface area contributed by atoms with Gasteiger partial charge in [-0.15, -0.1) is 0 Å². The van der Waals surface area contributed by atoms with Gasteiger partial charge in [0.2, 0.25) is 0 Å². The fourth-order valence-corrected chi connectivity index (χ4v) is 4.05. The molecule has 0 aromatic rings. The molecule has 0 bridgehead atoms. The number of fused-ring (bicyclic) bond motifs is 2. The standard InChI is InChI=1S/C22H26O7/c1-11-7-18-20(13(3)21(25)28-18)19(8-12(2)17-9-16(11)17)29-22(26)15(10-23)5-6-27-14(4)24/h5,7,16-20,23H,2-3,6,8-10H2,1,4H3/b11-7-,15-5+/t16-,17-,18+,19+,20-/m0/s1. The highest BCUT2D eigenvalue weighted by atomic mass is 16.6. The SMILES string of the molecule is C=C1C(=O)O[C@@H]2/C=C(/C)[C@@H]3C[C@H]3C(=C)C[C@@H](OC(=O)/C(=C/COC(C)=O)CO)[C@@H]12. The number of rotatable bonds is 5. The van der Waals surface area contributed by atoms with Crippen LogP contribution in [0.5, 0.6) is 0 Å². The Morgan fingerprint density at radius 3 is 2.72 bits per heavy atom. The number of ether oxygens (including phenoxy) is 3. The molecule has 2 aliphatic carbocycles. The number of allylic oxidation sites excluding steroid dienone is 1. The average Bonchev–Trinajstić information content (AvgIpc) is 3.39. The molecule has 0 aromatic heterocycles. The predicted molar refractivity (Wildman–Crippen MR) is 103 cm³/mol. The molecule has 1 aliphatic heterocycles. The van der Waals surface area contributed by atoms with Crippen LogP contribution in [0.4, 0.5) is 0 Å². The summed E-state index contributed by atoms with van der Waals surface area (Å²) in [5.74, 6) is -1.56. The van der Waals surface area contributed by atoms with Crippen LogP contribution in [0.25, 0.3) is 0 Å². The Kier molecular flexibility index (Phi) is 6.07. The second kappa shape index (κ2) is 8.37. The Morgan fingerprint density at radius 2 is 2.07 bits per heavy atom. The zero-order chi connectivity index (χ0) is 21.3. The van der Waals surface area contributed by atoms with Crippen LogP contribution in [0.3, 0.4) is 0 Å². The summed E-state index contributed by atoms with van der Waals surface area (Å²) in [7, 11) is 0. The van der Waals surface area contributed by atoms with Crippen molar-refractivity contribution in [3.05, 3.63) is 47.6 Å². The number of carbonyl (C=O) groups excluding carboxylic acids is 3. The van der Waals surface area contributed by atoms with Crippen molar-refractivity contribution in [1.29, 1.82) is 0 Å². The number of esters is 3. The van der Waals surface area contributed by atoms with Crippen molar-refractivity contribution >= 4 is 17.9 Å².